The predicted molar refractivity (Wildman–Crippen MR) is 299 cm³/mol. The molecule has 0 spiro atoms. The number of H-pyrrole nitrogens is 2. The molecule has 0 aliphatic carbocycles. The molecule has 19 heteroatoms. The van der Waals surface area contributed by atoms with Crippen LogP contribution in [0.25, 0.3) is 90.9 Å². The van der Waals surface area contributed by atoms with E-state index < -0.39 is 11.8 Å². The Morgan fingerprint density at radius 2 is 0.579 bits per heavy atom. The highest BCUT2D eigenvalue weighted by molar-refractivity contribution is 6.03. The minimum Gasteiger partial charge on any atom is -0.354 e. The minimum absolute atomic E-state index is 0.132. The summed E-state index contributed by atoms with van der Waals surface area (Å²) in [4.78, 5) is 107. The van der Waals surface area contributed by atoms with Crippen LogP contribution in [0.15, 0.2) is 84.9 Å². The van der Waals surface area contributed by atoms with E-state index in [0.717, 1.165) is 16.7 Å². The lowest BCUT2D eigenvalue weighted by molar-refractivity contribution is -0.115. The lowest BCUT2D eigenvalue weighted by Gasteiger charge is -2.19. The molecule has 2 aliphatic rings. The molecule has 8 N–H and O–H groups in total. The molecule has 0 unspecified atom stereocenters. The summed E-state index contributed by atoms with van der Waals surface area (Å²) < 4.78 is 0. The van der Waals surface area contributed by atoms with Crippen LogP contribution in [-0.4, -0.2) is 70.3 Å². The number of hydrogen-bond donors (Lipinski definition) is 8. The van der Waals surface area contributed by atoms with Crippen LogP contribution >= 0.6 is 0 Å². The normalized spacial score (nSPS) is 11.7. The fourth-order valence-electron chi connectivity index (χ4n) is 9.05. The number of amides is 6. The third kappa shape index (κ3) is 11.3. The van der Waals surface area contributed by atoms with Crippen molar-refractivity contribution in [1.29, 1.82) is 0 Å². The van der Waals surface area contributed by atoms with Crippen molar-refractivity contribution in [2.45, 2.75) is 67.7 Å². The number of pyridine rings is 3. The zero-order valence-electron chi connectivity index (χ0n) is 43.1. The maximum absolute atomic E-state index is 12.5. The third-order valence-corrected chi connectivity index (χ3v) is 12.0. The van der Waals surface area contributed by atoms with E-state index in [4.69, 9.17) is 9.97 Å². The lowest BCUT2D eigenvalue weighted by atomic mass is 9.86. The molecule has 1 aromatic carbocycles. The average molecular weight is 1020 g/mol. The number of aromatic nitrogens is 7. The summed E-state index contributed by atoms with van der Waals surface area (Å²) in [5.74, 6) is -1.26. The first-order valence-corrected chi connectivity index (χ1v) is 24.1. The number of nitrogens with one attached hydrogen (secondary N) is 8. The second-order valence-electron chi connectivity index (χ2n) is 19.3. The molecule has 19 nitrogen and oxygen atoms in total. The first-order chi connectivity index (χ1) is 36.1. The van der Waals surface area contributed by atoms with Crippen molar-refractivity contribution < 1.29 is 28.8 Å². The van der Waals surface area contributed by atoms with Gasteiger partial charge in [-0.1, -0.05) is 45.0 Å². The van der Waals surface area contributed by atoms with Crippen LogP contribution in [0.4, 0.5) is 34.9 Å². The van der Waals surface area contributed by atoms with Crippen LogP contribution in [0.5, 0.6) is 0 Å². The van der Waals surface area contributed by atoms with Crippen LogP contribution in [0.2, 0.25) is 0 Å². The zero-order valence-corrected chi connectivity index (χ0v) is 43.1. The molecule has 76 heavy (non-hydrogen) atoms. The van der Waals surface area contributed by atoms with Crippen LogP contribution in [0, 0.1) is 0 Å². The third-order valence-electron chi connectivity index (χ3n) is 12.0. The summed E-state index contributed by atoms with van der Waals surface area (Å²) in [6.45, 7) is 14.6. The highest BCUT2D eigenvalue weighted by atomic mass is 16.2. The van der Waals surface area contributed by atoms with Crippen LogP contribution in [0.3, 0.4) is 0 Å². The predicted octanol–water partition coefficient (Wildman–Crippen LogP) is 10.6. The SMILES string of the molecule is CC(=O)Nc1cc(-c2c3nc(c(-c4cc(NC(C)=O)nc(NC(C)=O)c4)c4ccc([nH]4)c(-c4cc(NC(C)=O)nc(NC(C)=O)c4)c4nc(c(-c5ccc(C(C)(C)C)cc5)c5ccc2[nH]5)C=C4)C=C3)cc(NC(C)=O)n1. The van der Waals surface area contributed by atoms with Gasteiger partial charge >= 0.3 is 0 Å². The first kappa shape index (κ1) is 51.0. The van der Waals surface area contributed by atoms with Gasteiger partial charge in [0.15, 0.2) is 0 Å². The van der Waals surface area contributed by atoms with E-state index in [1.54, 1.807) is 36.4 Å². The van der Waals surface area contributed by atoms with Gasteiger partial charge in [-0.25, -0.2) is 24.9 Å². The molecule has 2 aliphatic heterocycles. The van der Waals surface area contributed by atoms with Gasteiger partial charge in [-0.15, -0.1) is 0 Å². The van der Waals surface area contributed by atoms with Crippen molar-refractivity contribution in [3.8, 4) is 44.5 Å². The van der Waals surface area contributed by atoms with Crippen molar-refractivity contribution >= 4 is 117 Å². The van der Waals surface area contributed by atoms with Crippen molar-refractivity contribution in [2.75, 3.05) is 31.9 Å². The molecular formula is C57H53N13O6. The average Bonchev–Trinajstić information content (AvgIpc) is 4.17. The zero-order chi connectivity index (χ0) is 54.2. The number of anilines is 6. The van der Waals surface area contributed by atoms with Gasteiger partial charge in [0.1, 0.15) is 34.9 Å². The van der Waals surface area contributed by atoms with E-state index in [-0.39, 0.29) is 64.0 Å². The van der Waals surface area contributed by atoms with Gasteiger partial charge in [0.05, 0.1) is 22.8 Å². The van der Waals surface area contributed by atoms with Gasteiger partial charge in [-0.3, -0.25) is 28.8 Å². The highest BCUT2D eigenvalue weighted by Gasteiger charge is 2.23. The quantitative estimate of drug-likeness (QED) is 0.0638. The second-order valence-corrected chi connectivity index (χ2v) is 19.3. The first-order valence-electron chi connectivity index (χ1n) is 24.1. The molecule has 6 amide bonds. The largest absolute Gasteiger partial charge is 0.354 e. The Labute approximate surface area is 436 Å². The number of aromatic amines is 2. The van der Waals surface area contributed by atoms with Gasteiger partial charge in [0.2, 0.25) is 35.4 Å². The molecule has 382 valence electrons. The molecule has 7 aromatic rings. The number of rotatable bonds is 10. The molecular weight excluding hydrogens is 963 g/mol. The Kier molecular flexibility index (Phi) is 13.8. The number of hydrogen-bond acceptors (Lipinski definition) is 11. The number of carbonyl (C=O) groups excluding carboxylic acids is 6. The van der Waals surface area contributed by atoms with Crippen molar-refractivity contribution in [3.63, 3.8) is 0 Å². The van der Waals surface area contributed by atoms with Gasteiger partial charge < -0.3 is 41.9 Å². The van der Waals surface area contributed by atoms with Crippen LogP contribution in [0.1, 0.15) is 90.7 Å². The minimum atomic E-state index is -0.394. The standard InChI is InChI=1S/C57H53N13O6/c1-28(71)58-47-22-35(23-48(68-47)59-29(2)72)54-41-16-14-39(64-41)53(34-10-12-38(13-11-34)57(7,8)9)40-15-17-42(65-40)55(36-24-49(60-30(3)73)69-50(25-36)61-31(4)74)44-19-21-46(67-44)56(45-20-18-43(54)66-45)37-26-51(62-32(5)75)70-52(27-37)63-33(6)76/h10-27,64,67H,1-9H3,(H2,58,59,68,71,72)(H2,60,61,69,73,74)(H2,62,63,70,75,76). The Morgan fingerprint density at radius 3 is 0.803 bits per heavy atom. The molecule has 6 aromatic heterocycles. The number of carbonyl (C=O) groups is 6. The summed E-state index contributed by atoms with van der Waals surface area (Å²) in [6.07, 6.45) is 7.50. The van der Waals surface area contributed by atoms with E-state index in [9.17, 15) is 28.8 Å². The van der Waals surface area contributed by atoms with Crippen molar-refractivity contribution in [3.05, 3.63) is 113 Å². The molecule has 0 fully saturated rings. The molecule has 8 bridgehead atoms. The molecule has 0 saturated heterocycles. The van der Waals surface area contributed by atoms with Gasteiger partial charge in [-0.05, 0) is 118 Å². The van der Waals surface area contributed by atoms with E-state index in [0.29, 0.717) is 78.2 Å². The molecule has 0 saturated carbocycles. The van der Waals surface area contributed by atoms with Gasteiger partial charge in [0, 0.05) is 85.9 Å². The number of nitrogens with zero attached hydrogens (tertiary/aromatic N) is 5. The highest BCUT2D eigenvalue weighted by Crippen LogP contribution is 2.41. The summed E-state index contributed by atoms with van der Waals surface area (Å²) in [5, 5.41) is 16.6. The molecule has 0 atom stereocenters. The second kappa shape index (κ2) is 20.5. The fraction of sp³-hybridized carbons (Fsp3) is 0.175. The smallest absolute Gasteiger partial charge is 0.222 e. The molecule has 8 heterocycles. The summed E-state index contributed by atoms with van der Waals surface area (Å²) in [7, 11) is 0. The number of fused-ring (bicyclic) bond motifs is 8. The Bertz CT molecular complexity index is 3660. The maximum Gasteiger partial charge on any atom is 0.222 e. The van der Waals surface area contributed by atoms with Gasteiger partial charge in [0.25, 0.3) is 0 Å². The fourth-order valence-corrected chi connectivity index (χ4v) is 9.05. The van der Waals surface area contributed by atoms with Gasteiger partial charge in [-0.2, -0.15) is 0 Å². The van der Waals surface area contributed by atoms with Crippen LogP contribution < -0.4 is 31.9 Å². The Balaban J connectivity index is 1.48. The van der Waals surface area contributed by atoms with E-state index in [1.807, 2.05) is 48.6 Å². The van der Waals surface area contributed by atoms with E-state index in [1.165, 1.54) is 41.5 Å². The molecule has 0 radical (unpaired) electrons. The Hall–Kier alpha value is -9.91. The molecule has 9 rings (SSSR count). The number of benzene rings is 1. The van der Waals surface area contributed by atoms with E-state index >= 15 is 0 Å². The van der Waals surface area contributed by atoms with Crippen LogP contribution in [-0.2, 0) is 34.2 Å². The summed E-state index contributed by atoms with van der Waals surface area (Å²) in [5.41, 5.74) is 10.2. The van der Waals surface area contributed by atoms with Crippen molar-refractivity contribution in [2.24, 2.45) is 0 Å². The summed E-state index contributed by atoms with van der Waals surface area (Å²) in [6, 6.07) is 26.1. The topological polar surface area (TPSA) is 271 Å². The summed E-state index contributed by atoms with van der Waals surface area (Å²) >= 11 is 0. The van der Waals surface area contributed by atoms with Crippen molar-refractivity contribution in [1.82, 2.24) is 34.9 Å². The monoisotopic (exact) mass is 1020 g/mol. The van der Waals surface area contributed by atoms with E-state index in [2.05, 4.69) is 102 Å². The Morgan fingerprint density at radius 1 is 0.342 bits per heavy atom. The maximum atomic E-state index is 12.5. The lowest BCUT2D eigenvalue weighted by Crippen LogP contribution is -2.11.